The zero-order chi connectivity index (χ0) is 37.6. The summed E-state index contributed by atoms with van der Waals surface area (Å²) < 4.78 is 13.7. The molecule has 0 bridgehead atoms. The third-order valence-corrected chi connectivity index (χ3v) is 12.3. The number of aromatic nitrogens is 5. The monoisotopic (exact) mass is 835 g/mol. The van der Waals surface area contributed by atoms with E-state index in [1.54, 1.807) is 0 Å². The molecule has 0 atom stereocenters. The molecule has 1 aliphatic heterocycles. The Morgan fingerprint density at radius 1 is 0.534 bits per heavy atom. The molecule has 12 aromatic rings. The second-order valence-electron chi connectivity index (χ2n) is 15.6. The Morgan fingerprint density at radius 3 is 2.16 bits per heavy atom. The molecule has 0 aliphatic carbocycles. The summed E-state index contributed by atoms with van der Waals surface area (Å²) in [6, 6.07) is 58.8. The summed E-state index contributed by atoms with van der Waals surface area (Å²) in [5.41, 5.74) is 12.7. The van der Waals surface area contributed by atoms with Gasteiger partial charge < -0.3 is 18.3 Å². The molecule has 0 fully saturated rings. The van der Waals surface area contributed by atoms with Crippen LogP contribution >= 0.6 is 0 Å². The van der Waals surface area contributed by atoms with Crippen LogP contribution in [0.5, 0.6) is 11.5 Å². The molecular formula is C51H31N5OPd. The Labute approximate surface area is 346 Å². The summed E-state index contributed by atoms with van der Waals surface area (Å²) in [4.78, 5) is 10.2. The van der Waals surface area contributed by atoms with Crippen molar-refractivity contribution in [3.8, 4) is 22.9 Å². The minimum absolute atomic E-state index is 0. The summed E-state index contributed by atoms with van der Waals surface area (Å²) in [5.74, 6) is 1.22. The zero-order valence-electron chi connectivity index (χ0n) is 31.4. The van der Waals surface area contributed by atoms with Gasteiger partial charge >= 0.3 is 20.4 Å². The molecule has 58 heavy (non-hydrogen) atoms. The minimum Gasteiger partial charge on any atom is -0.503 e. The Morgan fingerprint density at radius 2 is 1.26 bits per heavy atom. The Hall–Kier alpha value is -6.78. The minimum atomic E-state index is -0.239. The van der Waals surface area contributed by atoms with Gasteiger partial charge in [0.1, 0.15) is 5.65 Å². The van der Waals surface area contributed by atoms with E-state index in [9.17, 15) is 0 Å². The van der Waals surface area contributed by atoms with E-state index >= 15 is 0 Å². The summed E-state index contributed by atoms with van der Waals surface area (Å²) in [5, 5.41) is 7.81. The maximum Gasteiger partial charge on any atom is 2.00 e. The van der Waals surface area contributed by atoms with Crippen molar-refractivity contribution in [2.24, 2.45) is 0 Å². The van der Waals surface area contributed by atoms with Crippen molar-refractivity contribution in [1.29, 1.82) is 0 Å². The number of benzene rings is 7. The molecule has 13 rings (SSSR count). The van der Waals surface area contributed by atoms with Gasteiger partial charge in [-0.05, 0) is 64.9 Å². The summed E-state index contributed by atoms with van der Waals surface area (Å²) >= 11 is 0. The molecule has 0 radical (unpaired) electrons. The van der Waals surface area contributed by atoms with Crippen LogP contribution in [-0.2, 0) is 25.8 Å². The number of imidazole rings is 1. The van der Waals surface area contributed by atoms with E-state index in [1.165, 1.54) is 32.8 Å². The number of nitrogens with zero attached hydrogens (tertiary/aromatic N) is 5. The van der Waals surface area contributed by atoms with Gasteiger partial charge in [0.05, 0.1) is 33.2 Å². The van der Waals surface area contributed by atoms with Crippen LogP contribution in [-0.4, -0.2) is 23.5 Å². The predicted molar refractivity (Wildman–Crippen MR) is 230 cm³/mol. The van der Waals surface area contributed by atoms with Crippen molar-refractivity contribution in [1.82, 2.24) is 23.5 Å². The average molecular weight is 836 g/mol. The first-order chi connectivity index (χ1) is 28.0. The third-order valence-electron chi connectivity index (χ3n) is 12.3. The van der Waals surface area contributed by atoms with Crippen LogP contribution in [0.4, 0.5) is 0 Å². The van der Waals surface area contributed by atoms with Crippen molar-refractivity contribution in [3.63, 3.8) is 0 Å². The van der Waals surface area contributed by atoms with Crippen LogP contribution < -0.4 is 4.74 Å². The molecule has 0 saturated carbocycles. The topological polar surface area (TPSA) is 49.3 Å². The van der Waals surface area contributed by atoms with Crippen LogP contribution in [0, 0.1) is 12.1 Å². The van der Waals surface area contributed by atoms with Gasteiger partial charge in [0, 0.05) is 50.4 Å². The van der Waals surface area contributed by atoms with Crippen molar-refractivity contribution in [2.75, 3.05) is 0 Å². The first-order valence-electron chi connectivity index (χ1n) is 19.3. The molecule has 7 heteroatoms. The summed E-state index contributed by atoms with van der Waals surface area (Å²) in [7, 11) is 0. The van der Waals surface area contributed by atoms with Crippen LogP contribution in [0.3, 0.4) is 0 Å². The number of ether oxygens (including phenoxy) is 1. The van der Waals surface area contributed by atoms with Gasteiger partial charge in [0.25, 0.3) is 0 Å². The number of hydrogen-bond donors (Lipinski definition) is 0. The molecule has 7 aromatic carbocycles. The normalized spacial score (nSPS) is 13.3. The van der Waals surface area contributed by atoms with Gasteiger partial charge in [-0.3, -0.25) is 4.98 Å². The number of hydrogen-bond acceptors (Lipinski definition) is 3. The van der Waals surface area contributed by atoms with E-state index < -0.39 is 0 Å². The molecule has 6 heterocycles. The number of pyridine rings is 2. The van der Waals surface area contributed by atoms with E-state index in [0.29, 0.717) is 11.5 Å². The fourth-order valence-electron chi connectivity index (χ4n) is 9.78. The molecule has 1 aliphatic rings. The molecule has 5 aromatic heterocycles. The zero-order valence-corrected chi connectivity index (χ0v) is 32.9. The second kappa shape index (κ2) is 11.9. The van der Waals surface area contributed by atoms with E-state index in [0.717, 1.165) is 71.8 Å². The Kier molecular flexibility index (Phi) is 6.83. The van der Waals surface area contributed by atoms with Crippen molar-refractivity contribution >= 4 is 82.1 Å². The van der Waals surface area contributed by atoms with Crippen molar-refractivity contribution in [3.05, 3.63) is 175 Å². The van der Waals surface area contributed by atoms with Crippen molar-refractivity contribution in [2.45, 2.75) is 19.3 Å². The smallest absolute Gasteiger partial charge is 0.503 e. The maximum atomic E-state index is 6.72. The quantitative estimate of drug-likeness (QED) is 0.101. The average Bonchev–Trinajstić information content (AvgIpc) is 3.92. The molecule has 276 valence electrons. The van der Waals surface area contributed by atoms with Crippen molar-refractivity contribution < 1.29 is 25.2 Å². The van der Waals surface area contributed by atoms with Crippen LogP contribution in [0.15, 0.2) is 152 Å². The Balaban J connectivity index is 0.00000366. The molecule has 0 unspecified atom stereocenters. The Bertz CT molecular complexity index is 3710. The van der Waals surface area contributed by atoms with Gasteiger partial charge in [0.15, 0.2) is 0 Å². The predicted octanol–water partition coefficient (Wildman–Crippen LogP) is 12.4. The van der Waals surface area contributed by atoms with Crippen LogP contribution in [0.2, 0.25) is 0 Å². The second-order valence-corrected chi connectivity index (χ2v) is 15.6. The number of para-hydroxylation sites is 5. The van der Waals surface area contributed by atoms with Gasteiger partial charge in [-0.1, -0.05) is 109 Å². The van der Waals surface area contributed by atoms with Gasteiger partial charge in [-0.15, -0.1) is 29.8 Å². The molecular weight excluding hydrogens is 805 g/mol. The van der Waals surface area contributed by atoms with E-state index in [1.807, 2.05) is 24.4 Å². The molecule has 0 amide bonds. The van der Waals surface area contributed by atoms with Crippen LogP contribution in [0.1, 0.15) is 25.0 Å². The first-order valence-corrected chi connectivity index (χ1v) is 19.3. The summed E-state index contributed by atoms with van der Waals surface area (Å²) in [6.45, 7) is 4.58. The van der Waals surface area contributed by atoms with Crippen LogP contribution in [0.25, 0.3) is 93.5 Å². The SMILES string of the molecule is CC1(C)c2ccc(Oc3[c-]c4c(cc3)c3ccc5c(c6ccccc6n5-c5ccccc5)c3n3c5ccccc5nc43)[c-]c2-n2c3ncccc3c3cccc1c32.[Pd+2]. The van der Waals surface area contributed by atoms with Gasteiger partial charge in [-0.2, -0.15) is 6.07 Å². The molecule has 0 spiro atoms. The van der Waals surface area contributed by atoms with E-state index in [4.69, 9.17) is 14.7 Å². The standard InChI is InChI=1S/C51H31N5O.Pd/c1-51(2)39-25-22-32(29-45(39)56-47-34(15-10-17-40(47)51)36-16-11-27-52-49(36)56)57-31-21-23-33-35-24-26-44-46(37-14-6-8-19-42(37)54(44)30-12-4-3-5-13-30)48(35)55-43-20-9-7-18-41(43)53-50(55)38(33)28-31;/h3-27H,1-2H3;/q-2;+2. The number of fused-ring (bicyclic) bond motifs is 17. The maximum absolute atomic E-state index is 6.72. The van der Waals surface area contributed by atoms with Gasteiger partial charge in [0.2, 0.25) is 0 Å². The van der Waals surface area contributed by atoms with E-state index in [-0.39, 0.29) is 25.8 Å². The fraction of sp³-hybridized carbons (Fsp3) is 0.0588. The molecule has 6 nitrogen and oxygen atoms in total. The largest absolute Gasteiger partial charge is 2.00 e. The fourth-order valence-corrected chi connectivity index (χ4v) is 9.78. The summed E-state index contributed by atoms with van der Waals surface area (Å²) in [6.07, 6.45) is 1.87. The third kappa shape index (κ3) is 4.30. The number of rotatable bonds is 3. The molecule has 0 N–H and O–H groups in total. The van der Waals surface area contributed by atoms with E-state index in [2.05, 4.69) is 167 Å². The first kappa shape index (κ1) is 33.4. The molecule has 0 saturated heterocycles. The van der Waals surface area contributed by atoms with Gasteiger partial charge in [-0.25, -0.2) is 4.98 Å².